The molecule has 132 valence electrons. The van der Waals surface area contributed by atoms with Gasteiger partial charge in [-0.1, -0.05) is 12.1 Å². The number of anilines is 1. The maximum absolute atomic E-state index is 13.5. The van der Waals surface area contributed by atoms with Gasteiger partial charge in [-0.3, -0.25) is 14.5 Å². The van der Waals surface area contributed by atoms with E-state index in [1.807, 2.05) is 0 Å². The van der Waals surface area contributed by atoms with Crippen molar-refractivity contribution in [3.05, 3.63) is 46.3 Å². The SMILES string of the molecule is O=C(c1cccs1)[C@H](O)[C@@H](C(=O)N1CCc2cccnc21)C(F)(F)F. The highest BCUT2D eigenvalue weighted by atomic mass is 32.1. The Morgan fingerprint density at radius 1 is 1.28 bits per heavy atom. The van der Waals surface area contributed by atoms with E-state index in [9.17, 15) is 27.9 Å². The summed E-state index contributed by atoms with van der Waals surface area (Å²) < 4.78 is 40.4. The van der Waals surface area contributed by atoms with Gasteiger partial charge in [-0.05, 0) is 29.5 Å². The molecule has 3 heterocycles. The van der Waals surface area contributed by atoms with E-state index < -0.39 is 29.9 Å². The molecule has 2 aromatic heterocycles. The number of Topliss-reactive ketones (excluding diaryl/α,β-unsaturated/α-hetero) is 1. The van der Waals surface area contributed by atoms with Gasteiger partial charge in [-0.25, -0.2) is 4.98 Å². The van der Waals surface area contributed by atoms with Crippen molar-refractivity contribution in [3.8, 4) is 0 Å². The summed E-state index contributed by atoms with van der Waals surface area (Å²) in [7, 11) is 0. The van der Waals surface area contributed by atoms with Gasteiger partial charge in [0.1, 0.15) is 11.9 Å². The maximum Gasteiger partial charge on any atom is 0.403 e. The number of hydrogen-bond acceptors (Lipinski definition) is 5. The molecule has 0 saturated carbocycles. The van der Waals surface area contributed by atoms with Gasteiger partial charge in [0.25, 0.3) is 0 Å². The molecule has 0 saturated heterocycles. The van der Waals surface area contributed by atoms with E-state index >= 15 is 0 Å². The topological polar surface area (TPSA) is 70.5 Å². The van der Waals surface area contributed by atoms with Crippen LogP contribution in [0.15, 0.2) is 35.8 Å². The van der Waals surface area contributed by atoms with Crippen molar-refractivity contribution in [1.82, 2.24) is 4.98 Å². The van der Waals surface area contributed by atoms with Gasteiger partial charge in [0.15, 0.2) is 5.92 Å². The summed E-state index contributed by atoms with van der Waals surface area (Å²) in [6.07, 6.45) is -5.82. The second kappa shape index (κ2) is 6.57. The Morgan fingerprint density at radius 3 is 2.68 bits per heavy atom. The zero-order chi connectivity index (χ0) is 18.2. The monoisotopic (exact) mass is 370 g/mol. The van der Waals surface area contributed by atoms with Crippen LogP contribution in [-0.4, -0.2) is 40.6 Å². The number of nitrogens with zero attached hydrogens (tertiary/aromatic N) is 2. The molecule has 0 bridgehead atoms. The molecule has 0 aliphatic carbocycles. The Kier molecular flexibility index (Phi) is 4.61. The fourth-order valence-electron chi connectivity index (χ4n) is 2.76. The van der Waals surface area contributed by atoms with E-state index in [2.05, 4.69) is 4.98 Å². The molecule has 0 aromatic carbocycles. The third-order valence-corrected chi connectivity index (χ3v) is 4.85. The fraction of sp³-hybridized carbons (Fsp3) is 0.312. The third-order valence-electron chi connectivity index (χ3n) is 3.96. The highest BCUT2D eigenvalue weighted by molar-refractivity contribution is 7.12. The first-order valence-corrected chi connectivity index (χ1v) is 8.26. The van der Waals surface area contributed by atoms with Crippen molar-refractivity contribution in [1.29, 1.82) is 0 Å². The molecule has 0 radical (unpaired) electrons. The predicted molar refractivity (Wildman–Crippen MR) is 84.5 cm³/mol. The van der Waals surface area contributed by atoms with Gasteiger partial charge in [0.2, 0.25) is 11.7 Å². The largest absolute Gasteiger partial charge is 0.403 e. The van der Waals surface area contributed by atoms with Crippen molar-refractivity contribution >= 4 is 28.8 Å². The van der Waals surface area contributed by atoms with E-state index in [1.165, 1.54) is 23.7 Å². The molecule has 0 fully saturated rings. The molecule has 2 aromatic rings. The molecule has 5 nitrogen and oxygen atoms in total. The van der Waals surface area contributed by atoms with E-state index in [4.69, 9.17) is 0 Å². The van der Waals surface area contributed by atoms with Crippen molar-refractivity contribution in [3.63, 3.8) is 0 Å². The Bertz CT molecular complexity index is 792. The summed E-state index contributed by atoms with van der Waals surface area (Å²) in [5.41, 5.74) is 0.649. The lowest BCUT2D eigenvalue weighted by Crippen LogP contribution is -2.50. The van der Waals surface area contributed by atoms with E-state index in [0.29, 0.717) is 12.0 Å². The summed E-state index contributed by atoms with van der Waals surface area (Å²) in [6, 6.07) is 6.09. The molecular weight excluding hydrogens is 357 g/mol. The van der Waals surface area contributed by atoms with Crippen molar-refractivity contribution in [2.24, 2.45) is 5.92 Å². The number of rotatable bonds is 4. The maximum atomic E-state index is 13.5. The molecule has 3 rings (SSSR count). The van der Waals surface area contributed by atoms with Crippen LogP contribution in [-0.2, 0) is 11.2 Å². The minimum atomic E-state index is -5.07. The molecule has 1 N–H and O–H groups in total. The number of alkyl halides is 3. The molecule has 0 unspecified atom stereocenters. The van der Waals surface area contributed by atoms with E-state index in [0.717, 1.165) is 16.2 Å². The molecule has 1 aliphatic heterocycles. The summed E-state index contributed by atoms with van der Waals surface area (Å²) >= 11 is 0.906. The zero-order valence-corrected chi connectivity index (χ0v) is 13.5. The minimum Gasteiger partial charge on any atom is -0.384 e. The number of amides is 1. The van der Waals surface area contributed by atoms with Crippen molar-refractivity contribution in [2.45, 2.75) is 18.7 Å². The Morgan fingerprint density at radius 2 is 2.04 bits per heavy atom. The number of thiophene rings is 1. The molecule has 0 spiro atoms. The first kappa shape index (κ1) is 17.6. The molecule has 25 heavy (non-hydrogen) atoms. The van der Waals surface area contributed by atoms with Crippen molar-refractivity contribution in [2.75, 3.05) is 11.4 Å². The lowest BCUT2D eigenvalue weighted by Gasteiger charge is -2.27. The number of aromatic nitrogens is 1. The lowest BCUT2D eigenvalue weighted by molar-refractivity contribution is -0.195. The summed E-state index contributed by atoms with van der Waals surface area (Å²) in [5, 5.41) is 11.5. The standard InChI is InChI=1S/C16H13F3N2O3S/c17-16(18,19)11(13(23)12(22)10-4-2-8-25-10)15(24)21-7-5-9-3-1-6-20-14(9)21/h1-4,6,8,11,13,23H,5,7H2/t11-,13+/m0/s1. The number of halogens is 3. The Hall–Kier alpha value is -2.26. The summed E-state index contributed by atoms with van der Waals surface area (Å²) in [4.78, 5) is 29.5. The Labute approximate surface area is 144 Å². The van der Waals surface area contributed by atoms with Gasteiger partial charge in [0, 0.05) is 12.7 Å². The first-order chi connectivity index (χ1) is 11.8. The average molecular weight is 370 g/mol. The number of pyridine rings is 1. The van der Waals surface area contributed by atoms with Gasteiger partial charge < -0.3 is 5.11 Å². The van der Waals surface area contributed by atoms with Crippen LogP contribution in [0.25, 0.3) is 0 Å². The van der Waals surface area contributed by atoms with E-state index in [-0.39, 0.29) is 17.2 Å². The van der Waals surface area contributed by atoms with E-state index in [1.54, 1.807) is 12.1 Å². The van der Waals surface area contributed by atoms with Crippen LogP contribution in [0.5, 0.6) is 0 Å². The average Bonchev–Trinajstić information content (AvgIpc) is 3.22. The fourth-order valence-corrected chi connectivity index (χ4v) is 3.46. The van der Waals surface area contributed by atoms with Gasteiger partial charge in [0.05, 0.1) is 4.88 Å². The number of aliphatic hydroxyl groups is 1. The van der Waals surface area contributed by atoms with Crippen LogP contribution >= 0.6 is 11.3 Å². The first-order valence-electron chi connectivity index (χ1n) is 7.38. The van der Waals surface area contributed by atoms with Crippen LogP contribution < -0.4 is 4.90 Å². The van der Waals surface area contributed by atoms with Crippen LogP contribution in [0.4, 0.5) is 19.0 Å². The summed E-state index contributed by atoms with van der Waals surface area (Å²) in [6.45, 7) is 0.0255. The molecular formula is C16H13F3N2O3S. The Balaban J connectivity index is 1.92. The number of ketones is 1. The summed E-state index contributed by atoms with van der Waals surface area (Å²) in [5.74, 6) is -5.19. The zero-order valence-electron chi connectivity index (χ0n) is 12.7. The van der Waals surface area contributed by atoms with Crippen LogP contribution in [0, 0.1) is 5.92 Å². The third kappa shape index (κ3) is 3.29. The molecule has 9 heteroatoms. The van der Waals surface area contributed by atoms with Crippen LogP contribution in [0.3, 0.4) is 0 Å². The van der Waals surface area contributed by atoms with Crippen LogP contribution in [0.1, 0.15) is 15.2 Å². The number of fused-ring (bicyclic) bond motifs is 1. The number of carbonyl (C=O) groups is 2. The van der Waals surface area contributed by atoms with Gasteiger partial charge >= 0.3 is 6.18 Å². The number of hydrogen-bond donors (Lipinski definition) is 1. The van der Waals surface area contributed by atoms with Gasteiger partial charge in [-0.15, -0.1) is 11.3 Å². The smallest absolute Gasteiger partial charge is 0.384 e. The highest BCUT2D eigenvalue weighted by Gasteiger charge is 2.54. The van der Waals surface area contributed by atoms with Gasteiger partial charge in [-0.2, -0.15) is 13.2 Å². The molecule has 1 amide bonds. The molecule has 2 atom stereocenters. The van der Waals surface area contributed by atoms with Crippen LogP contribution in [0.2, 0.25) is 0 Å². The lowest BCUT2D eigenvalue weighted by atomic mass is 9.95. The highest BCUT2D eigenvalue weighted by Crippen LogP contribution is 2.35. The van der Waals surface area contributed by atoms with Crippen molar-refractivity contribution < 1.29 is 27.9 Å². The second-order valence-corrected chi connectivity index (χ2v) is 6.48. The quantitative estimate of drug-likeness (QED) is 0.840. The second-order valence-electron chi connectivity index (χ2n) is 5.53. The normalized spacial score (nSPS) is 16.4. The minimum absolute atomic E-state index is 0.0255. The number of carbonyl (C=O) groups excluding carboxylic acids is 2. The number of aliphatic hydroxyl groups excluding tert-OH is 1. The predicted octanol–water partition coefficient (Wildman–Crippen LogP) is 2.45. The molecule has 1 aliphatic rings.